The molecule has 12 heavy (non-hydrogen) atoms. The number of aromatic nitrogens is 1. The number of ketones is 1. The number of Topliss-reactive ketones (excluding diaryl/α,β-unsaturated/α-hetero) is 1. The van der Waals surface area contributed by atoms with Crippen LogP contribution >= 0.6 is 11.3 Å². The highest BCUT2D eigenvalue weighted by Crippen LogP contribution is 2.12. The molecule has 0 aliphatic carbocycles. The van der Waals surface area contributed by atoms with Crippen molar-refractivity contribution in [3.8, 4) is 0 Å². The smallest absolute Gasteiger partial charge is 0.181 e. The van der Waals surface area contributed by atoms with Gasteiger partial charge in [-0.1, -0.05) is 13.8 Å². The van der Waals surface area contributed by atoms with Crippen LogP contribution in [0.1, 0.15) is 42.2 Å². The van der Waals surface area contributed by atoms with Crippen LogP contribution < -0.4 is 0 Å². The van der Waals surface area contributed by atoms with Crippen molar-refractivity contribution in [3.05, 3.63) is 16.1 Å². The third-order valence-electron chi connectivity index (χ3n) is 1.62. The predicted octanol–water partition coefficient (Wildman–Crippen LogP) is 2.69. The Hall–Kier alpha value is -0.700. The molecular weight excluding hydrogens is 170 g/mol. The Bertz CT molecular complexity index is 267. The van der Waals surface area contributed by atoms with E-state index < -0.39 is 0 Å². The van der Waals surface area contributed by atoms with Gasteiger partial charge in [-0.2, -0.15) is 0 Å². The summed E-state index contributed by atoms with van der Waals surface area (Å²) in [4.78, 5) is 15.4. The van der Waals surface area contributed by atoms with Gasteiger partial charge in [-0.25, -0.2) is 4.98 Å². The van der Waals surface area contributed by atoms with Crippen LogP contribution in [0.3, 0.4) is 0 Å². The second-order valence-electron chi connectivity index (χ2n) is 2.65. The van der Waals surface area contributed by atoms with E-state index in [2.05, 4.69) is 11.9 Å². The van der Waals surface area contributed by atoms with Crippen LogP contribution in [0.4, 0.5) is 0 Å². The van der Waals surface area contributed by atoms with Crippen LogP contribution in [0, 0.1) is 0 Å². The van der Waals surface area contributed by atoms with Crippen LogP contribution in [0.15, 0.2) is 5.38 Å². The molecule has 0 unspecified atom stereocenters. The van der Waals surface area contributed by atoms with Crippen molar-refractivity contribution in [1.29, 1.82) is 0 Å². The molecule has 0 amide bonds. The van der Waals surface area contributed by atoms with Crippen LogP contribution in [0.5, 0.6) is 0 Å². The summed E-state index contributed by atoms with van der Waals surface area (Å²) in [6, 6.07) is 0. The average molecular weight is 183 g/mol. The van der Waals surface area contributed by atoms with Gasteiger partial charge in [0.1, 0.15) is 5.69 Å². The molecule has 0 spiro atoms. The summed E-state index contributed by atoms with van der Waals surface area (Å²) in [6.07, 6.45) is 2.63. The van der Waals surface area contributed by atoms with Gasteiger partial charge < -0.3 is 0 Å². The quantitative estimate of drug-likeness (QED) is 0.672. The van der Waals surface area contributed by atoms with Crippen molar-refractivity contribution in [3.63, 3.8) is 0 Å². The fourth-order valence-electron chi connectivity index (χ4n) is 0.949. The molecule has 3 heteroatoms. The number of hydrogen-bond donors (Lipinski definition) is 0. The van der Waals surface area contributed by atoms with Crippen molar-refractivity contribution in [1.82, 2.24) is 4.98 Å². The maximum atomic E-state index is 11.2. The maximum Gasteiger partial charge on any atom is 0.181 e. The first kappa shape index (κ1) is 9.39. The molecule has 0 saturated carbocycles. The summed E-state index contributed by atoms with van der Waals surface area (Å²) in [5.74, 6) is 0.147. The van der Waals surface area contributed by atoms with E-state index in [0.717, 1.165) is 17.8 Å². The van der Waals surface area contributed by atoms with Crippen LogP contribution in [-0.4, -0.2) is 10.8 Å². The molecule has 1 aromatic heterocycles. The lowest BCUT2D eigenvalue weighted by molar-refractivity contribution is 0.0984. The highest BCUT2D eigenvalue weighted by molar-refractivity contribution is 7.09. The Morgan fingerprint density at radius 1 is 1.58 bits per heavy atom. The minimum atomic E-state index is 0.147. The number of rotatable bonds is 4. The zero-order valence-electron chi connectivity index (χ0n) is 7.46. The summed E-state index contributed by atoms with van der Waals surface area (Å²) >= 11 is 1.59. The summed E-state index contributed by atoms with van der Waals surface area (Å²) in [7, 11) is 0. The number of thiazole rings is 1. The lowest BCUT2D eigenvalue weighted by atomic mass is 10.2. The fraction of sp³-hybridized carbons (Fsp3) is 0.556. The number of aryl methyl sites for hydroxylation is 1. The molecule has 0 aromatic carbocycles. The Morgan fingerprint density at radius 2 is 2.33 bits per heavy atom. The van der Waals surface area contributed by atoms with Crippen LogP contribution in [0.2, 0.25) is 0 Å². The van der Waals surface area contributed by atoms with Gasteiger partial charge in [0.25, 0.3) is 0 Å². The fourth-order valence-corrected chi connectivity index (χ4v) is 1.85. The molecule has 1 aromatic rings. The lowest BCUT2D eigenvalue weighted by Crippen LogP contribution is -1.96. The highest BCUT2D eigenvalue weighted by atomic mass is 32.1. The third kappa shape index (κ3) is 2.14. The van der Waals surface area contributed by atoms with Gasteiger partial charge in [0, 0.05) is 11.8 Å². The van der Waals surface area contributed by atoms with Crippen LogP contribution in [-0.2, 0) is 6.42 Å². The predicted molar refractivity (Wildman–Crippen MR) is 50.7 cm³/mol. The van der Waals surface area contributed by atoms with Gasteiger partial charge in [0.05, 0.1) is 5.01 Å². The Kier molecular flexibility index (Phi) is 3.41. The summed E-state index contributed by atoms with van der Waals surface area (Å²) in [6.45, 7) is 3.98. The van der Waals surface area contributed by atoms with Crippen molar-refractivity contribution < 1.29 is 4.79 Å². The van der Waals surface area contributed by atoms with Gasteiger partial charge in [0.2, 0.25) is 0 Å². The first-order chi connectivity index (χ1) is 5.77. The topological polar surface area (TPSA) is 30.0 Å². The first-order valence-corrected chi connectivity index (χ1v) is 5.13. The molecule has 0 atom stereocenters. The zero-order chi connectivity index (χ0) is 8.97. The summed E-state index contributed by atoms with van der Waals surface area (Å²) in [5.41, 5.74) is 0.644. The molecule has 0 fully saturated rings. The molecule has 2 nitrogen and oxygen atoms in total. The van der Waals surface area contributed by atoms with E-state index in [0.29, 0.717) is 12.1 Å². The summed E-state index contributed by atoms with van der Waals surface area (Å²) in [5, 5.41) is 2.94. The maximum absolute atomic E-state index is 11.2. The number of carbonyl (C=O) groups excluding carboxylic acids is 1. The molecular formula is C9H13NOS. The molecule has 66 valence electrons. The van der Waals surface area contributed by atoms with Crippen LogP contribution in [0.25, 0.3) is 0 Å². The van der Waals surface area contributed by atoms with Crippen molar-refractivity contribution >= 4 is 17.1 Å². The Morgan fingerprint density at radius 3 is 2.92 bits per heavy atom. The van der Waals surface area contributed by atoms with E-state index >= 15 is 0 Å². The average Bonchev–Trinajstić information content (AvgIpc) is 2.52. The first-order valence-electron chi connectivity index (χ1n) is 4.25. The van der Waals surface area contributed by atoms with Crippen molar-refractivity contribution in [2.45, 2.75) is 33.1 Å². The van der Waals surface area contributed by atoms with E-state index in [9.17, 15) is 4.79 Å². The van der Waals surface area contributed by atoms with E-state index in [1.165, 1.54) is 0 Å². The second-order valence-corrected chi connectivity index (χ2v) is 3.60. The number of nitrogens with zero attached hydrogens (tertiary/aromatic N) is 1. The van der Waals surface area contributed by atoms with E-state index in [1.807, 2.05) is 12.3 Å². The second kappa shape index (κ2) is 4.36. The molecule has 1 heterocycles. The van der Waals surface area contributed by atoms with Gasteiger partial charge >= 0.3 is 0 Å². The standard InChI is InChI=1S/C9H13NOS/c1-3-5-9-10-7(6-12-9)8(11)4-2/h6H,3-5H2,1-2H3. The molecule has 0 N–H and O–H groups in total. The summed E-state index contributed by atoms with van der Waals surface area (Å²) < 4.78 is 0. The van der Waals surface area contributed by atoms with Gasteiger partial charge in [-0.15, -0.1) is 11.3 Å². The van der Waals surface area contributed by atoms with Gasteiger partial charge in [0.15, 0.2) is 5.78 Å². The minimum Gasteiger partial charge on any atom is -0.292 e. The Balaban J connectivity index is 2.70. The monoisotopic (exact) mass is 183 g/mol. The molecule has 0 aliphatic rings. The molecule has 0 aliphatic heterocycles. The SMILES string of the molecule is CCCc1nc(C(=O)CC)cs1. The largest absolute Gasteiger partial charge is 0.292 e. The normalized spacial score (nSPS) is 10.2. The van der Waals surface area contributed by atoms with Gasteiger partial charge in [-0.3, -0.25) is 4.79 Å². The molecule has 1 rings (SSSR count). The molecule has 0 saturated heterocycles. The van der Waals surface area contributed by atoms with Gasteiger partial charge in [-0.05, 0) is 12.8 Å². The number of hydrogen-bond acceptors (Lipinski definition) is 3. The van der Waals surface area contributed by atoms with E-state index in [1.54, 1.807) is 11.3 Å². The van der Waals surface area contributed by atoms with E-state index in [-0.39, 0.29) is 5.78 Å². The number of carbonyl (C=O) groups is 1. The Labute approximate surface area is 76.6 Å². The molecule has 0 radical (unpaired) electrons. The molecule has 0 bridgehead atoms. The highest BCUT2D eigenvalue weighted by Gasteiger charge is 2.07. The third-order valence-corrected chi connectivity index (χ3v) is 2.53. The van der Waals surface area contributed by atoms with Crippen molar-refractivity contribution in [2.24, 2.45) is 0 Å². The zero-order valence-corrected chi connectivity index (χ0v) is 8.28. The van der Waals surface area contributed by atoms with E-state index in [4.69, 9.17) is 0 Å². The lowest BCUT2D eigenvalue weighted by Gasteiger charge is -1.89. The van der Waals surface area contributed by atoms with Crippen molar-refractivity contribution in [2.75, 3.05) is 0 Å². The minimum absolute atomic E-state index is 0.147.